The Hall–Kier alpha value is -6.76. The summed E-state index contributed by atoms with van der Waals surface area (Å²) in [5, 5.41) is 0. The fourth-order valence-electron chi connectivity index (χ4n) is 6.75. The van der Waals surface area contributed by atoms with Crippen LogP contribution in [0.4, 0.5) is 0 Å². The van der Waals surface area contributed by atoms with Crippen molar-refractivity contribution in [2.24, 2.45) is 0 Å². The van der Waals surface area contributed by atoms with Gasteiger partial charge in [0.05, 0.1) is 0 Å². The zero-order chi connectivity index (χ0) is 37.4. The molecular formula is C54H46. The lowest BCUT2D eigenvalue weighted by atomic mass is 9.83. The van der Waals surface area contributed by atoms with E-state index in [1.54, 1.807) is 6.08 Å². The molecule has 0 spiro atoms. The summed E-state index contributed by atoms with van der Waals surface area (Å²) in [5.74, 6) is 0.328. The summed E-state index contributed by atoms with van der Waals surface area (Å²) in [6, 6.07) is 47.6. The molecule has 5 aromatic carbocycles. The summed E-state index contributed by atoms with van der Waals surface area (Å²) in [6.45, 7) is 12.0. The molecule has 1 aliphatic carbocycles. The molecule has 0 heterocycles. The van der Waals surface area contributed by atoms with Gasteiger partial charge in [-0.2, -0.15) is 0 Å². The van der Waals surface area contributed by atoms with Crippen LogP contribution in [-0.2, 0) is 0 Å². The Balaban J connectivity index is 1.62. The first kappa shape index (κ1) is 37.0. The molecule has 0 fully saturated rings. The van der Waals surface area contributed by atoms with Crippen molar-refractivity contribution in [3.63, 3.8) is 0 Å². The van der Waals surface area contributed by atoms with E-state index in [9.17, 15) is 0 Å². The molecule has 0 bridgehead atoms. The van der Waals surface area contributed by atoms with Crippen LogP contribution < -0.4 is 0 Å². The quantitative estimate of drug-likeness (QED) is 0.102. The van der Waals surface area contributed by atoms with Crippen LogP contribution >= 0.6 is 0 Å². The van der Waals surface area contributed by atoms with Crippen LogP contribution in [0.1, 0.15) is 56.8 Å². The zero-order valence-electron chi connectivity index (χ0n) is 30.8. The van der Waals surface area contributed by atoms with Crippen molar-refractivity contribution in [3.05, 3.63) is 283 Å². The highest BCUT2D eigenvalue weighted by atomic mass is 14.2. The summed E-state index contributed by atoms with van der Waals surface area (Å²) in [6.07, 6.45) is 32.3. The Kier molecular flexibility index (Phi) is 13.1. The molecule has 0 aliphatic heterocycles. The van der Waals surface area contributed by atoms with Gasteiger partial charge in [-0.3, -0.25) is 0 Å². The van der Waals surface area contributed by atoms with Gasteiger partial charge in [-0.05, 0) is 91.4 Å². The van der Waals surface area contributed by atoms with E-state index in [4.69, 9.17) is 0 Å². The third-order valence-electron chi connectivity index (χ3n) is 9.37. The van der Waals surface area contributed by atoms with Crippen LogP contribution in [0.5, 0.6) is 0 Å². The average Bonchev–Trinajstić information content (AvgIpc) is 3.24. The van der Waals surface area contributed by atoms with Gasteiger partial charge in [0.1, 0.15) is 0 Å². The third-order valence-corrected chi connectivity index (χ3v) is 9.37. The van der Waals surface area contributed by atoms with Crippen molar-refractivity contribution in [3.8, 4) is 0 Å². The maximum Gasteiger partial charge on any atom is 0.00559 e. The second-order valence-corrected chi connectivity index (χ2v) is 13.0. The second kappa shape index (κ2) is 19.2. The number of hydrogen-bond donors (Lipinski definition) is 0. The van der Waals surface area contributed by atoms with Crippen molar-refractivity contribution < 1.29 is 0 Å². The predicted molar refractivity (Wildman–Crippen MR) is 237 cm³/mol. The molecule has 5 aromatic rings. The molecule has 0 amide bonds. The van der Waals surface area contributed by atoms with E-state index in [-0.39, 0.29) is 0 Å². The summed E-state index contributed by atoms with van der Waals surface area (Å²) < 4.78 is 0. The molecule has 0 radical (unpaired) electrons. The standard InChI is InChI=1S/C54H46/c1-4-7-8-12-25-42-26-21-34-49(38-42)53(40-46(23-5-2)43-27-13-9-14-28-43)51-36-19-20-37-52(51)54(41-47(24-6-3)44-29-15-10-16-30-44)50-35-22-33-48(39-50)45-31-17-11-18-32-45/h4-31,33-41,45H,1-3,32H2/b8-7-,25-12+,46-23-,47-24-,53-40+,54-41+. The third kappa shape index (κ3) is 9.56. The maximum absolute atomic E-state index is 4.10. The van der Waals surface area contributed by atoms with Gasteiger partial charge in [-0.1, -0.05) is 226 Å². The fourth-order valence-corrected chi connectivity index (χ4v) is 6.75. The molecule has 1 atom stereocenters. The molecule has 262 valence electrons. The minimum Gasteiger partial charge on any atom is -0.0991 e. The average molecular weight is 695 g/mol. The van der Waals surface area contributed by atoms with Gasteiger partial charge < -0.3 is 0 Å². The topological polar surface area (TPSA) is 0 Å². The van der Waals surface area contributed by atoms with E-state index in [2.05, 4.69) is 208 Å². The van der Waals surface area contributed by atoms with Crippen molar-refractivity contribution in [1.82, 2.24) is 0 Å². The molecule has 0 heteroatoms. The molecule has 0 aromatic heterocycles. The van der Waals surface area contributed by atoms with E-state index in [1.807, 2.05) is 30.4 Å². The first-order chi connectivity index (χ1) is 26.7. The van der Waals surface area contributed by atoms with Crippen molar-refractivity contribution >= 4 is 28.4 Å². The highest BCUT2D eigenvalue weighted by molar-refractivity contribution is 5.99. The maximum atomic E-state index is 4.10. The van der Waals surface area contributed by atoms with Gasteiger partial charge in [-0.15, -0.1) is 0 Å². The molecule has 0 saturated heterocycles. The Morgan fingerprint density at radius 3 is 1.61 bits per heavy atom. The van der Waals surface area contributed by atoms with Crippen LogP contribution in [0, 0.1) is 0 Å². The lowest BCUT2D eigenvalue weighted by Gasteiger charge is -2.20. The van der Waals surface area contributed by atoms with Gasteiger partial charge in [-0.25, -0.2) is 0 Å². The zero-order valence-corrected chi connectivity index (χ0v) is 30.8. The number of allylic oxidation sites excluding steroid dienone is 16. The monoisotopic (exact) mass is 694 g/mol. The Labute approximate surface area is 322 Å². The Morgan fingerprint density at radius 2 is 1.06 bits per heavy atom. The Morgan fingerprint density at radius 1 is 0.500 bits per heavy atom. The molecule has 0 saturated carbocycles. The normalized spacial score (nSPS) is 15.1. The molecule has 0 nitrogen and oxygen atoms in total. The summed E-state index contributed by atoms with van der Waals surface area (Å²) in [7, 11) is 0. The van der Waals surface area contributed by atoms with E-state index in [0.717, 1.165) is 67.7 Å². The first-order valence-corrected chi connectivity index (χ1v) is 18.5. The van der Waals surface area contributed by atoms with Crippen molar-refractivity contribution in [2.45, 2.75) is 12.3 Å². The molecule has 1 unspecified atom stereocenters. The number of hydrogen-bond acceptors (Lipinski definition) is 0. The summed E-state index contributed by atoms with van der Waals surface area (Å²) in [5.41, 5.74) is 13.6. The highest BCUT2D eigenvalue weighted by Crippen LogP contribution is 2.38. The lowest BCUT2D eigenvalue weighted by molar-refractivity contribution is 0.853. The summed E-state index contributed by atoms with van der Waals surface area (Å²) in [4.78, 5) is 0. The predicted octanol–water partition coefficient (Wildman–Crippen LogP) is 14.4. The van der Waals surface area contributed by atoms with E-state index in [1.165, 1.54) is 5.56 Å². The van der Waals surface area contributed by atoms with Crippen LogP contribution in [-0.4, -0.2) is 0 Å². The second-order valence-electron chi connectivity index (χ2n) is 13.0. The number of rotatable bonds is 14. The Bertz CT molecular complexity index is 2330. The molecule has 0 N–H and O–H groups in total. The van der Waals surface area contributed by atoms with Crippen molar-refractivity contribution in [1.29, 1.82) is 0 Å². The van der Waals surface area contributed by atoms with Gasteiger partial charge >= 0.3 is 0 Å². The van der Waals surface area contributed by atoms with Crippen LogP contribution in [0.25, 0.3) is 28.4 Å². The first-order valence-electron chi connectivity index (χ1n) is 18.5. The van der Waals surface area contributed by atoms with E-state index < -0.39 is 0 Å². The van der Waals surface area contributed by atoms with E-state index >= 15 is 0 Å². The SMILES string of the molecule is C=C/C=C\C=C\c1cccc(/C(=C\C(=C\C=C)c2ccccc2)c2ccccc2/C(=C/C(=C/C=C)c2ccccc2)c2cccc(C3C=CC=CC3)c2)c1. The van der Waals surface area contributed by atoms with Crippen LogP contribution in [0.15, 0.2) is 238 Å². The minimum atomic E-state index is 0.328. The minimum absolute atomic E-state index is 0.328. The van der Waals surface area contributed by atoms with Crippen LogP contribution in [0.2, 0.25) is 0 Å². The summed E-state index contributed by atoms with van der Waals surface area (Å²) >= 11 is 0. The molecular weight excluding hydrogens is 649 g/mol. The van der Waals surface area contributed by atoms with Crippen molar-refractivity contribution in [2.75, 3.05) is 0 Å². The van der Waals surface area contributed by atoms with Gasteiger partial charge in [0.15, 0.2) is 0 Å². The highest BCUT2D eigenvalue weighted by Gasteiger charge is 2.18. The molecule has 6 rings (SSSR count). The largest absolute Gasteiger partial charge is 0.0991 e. The van der Waals surface area contributed by atoms with Gasteiger partial charge in [0.25, 0.3) is 0 Å². The van der Waals surface area contributed by atoms with Gasteiger partial charge in [0, 0.05) is 5.92 Å². The fraction of sp³-hybridized carbons (Fsp3) is 0.0370. The molecule has 54 heavy (non-hydrogen) atoms. The molecule has 1 aliphatic rings. The van der Waals surface area contributed by atoms with Crippen LogP contribution in [0.3, 0.4) is 0 Å². The number of benzene rings is 5. The lowest BCUT2D eigenvalue weighted by Crippen LogP contribution is -2.01. The van der Waals surface area contributed by atoms with E-state index in [0.29, 0.717) is 5.92 Å². The smallest absolute Gasteiger partial charge is 0.00559 e. The van der Waals surface area contributed by atoms with Gasteiger partial charge in [0.2, 0.25) is 0 Å².